The van der Waals surface area contributed by atoms with Gasteiger partial charge in [-0.25, -0.2) is 9.97 Å². The minimum Gasteiger partial charge on any atom is -0.381 e. The lowest BCUT2D eigenvalue weighted by Gasteiger charge is -2.36. The molecule has 122 valence electrons. The number of hydrogen-bond donors (Lipinski definition) is 1. The van der Waals surface area contributed by atoms with Crippen molar-refractivity contribution in [2.45, 2.75) is 20.0 Å². The Morgan fingerprint density at radius 1 is 1.30 bits per heavy atom. The van der Waals surface area contributed by atoms with Crippen LogP contribution in [-0.2, 0) is 4.74 Å². The zero-order valence-corrected chi connectivity index (χ0v) is 14.1. The molecule has 0 amide bonds. The second-order valence-corrected chi connectivity index (χ2v) is 6.44. The van der Waals surface area contributed by atoms with Crippen LogP contribution < -0.4 is 10.6 Å². The summed E-state index contributed by atoms with van der Waals surface area (Å²) in [7, 11) is 0. The van der Waals surface area contributed by atoms with Gasteiger partial charge in [0.25, 0.3) is 0 Å². The second-order valence-electron chi connectivity index (χ2n) is 6.08. The molecule has 5 nitrogen and oxygen atoms in total. The van der Waals surface area contributed by atoms with Crippen molar-refractivity contribution in [1.29, 1.82) is 0 Å². The Bertz CT molecular complexity index is 675. The Morgan fingerprint density at radius 2 is 2.04 bits per heavy atom. The van der Waals surface area contributed by atoms with Crippen LogP contribution in [0.5, 0.6) is 0 Å². The zero-order chi connectivity index (χ0) is 16.4. The standard InChI is InChI=1S/C17H21ClN4O/c1-11(2)15-10-22(7-8-23-15)13-5-3-12(4-6-13)14-9-20-17(19)16(18)21-14/h3-6,9,11,15H,7-8,10H2,1-2H3,(H2,19,20). The first-order valence-electron chi connectivity index (χ1n) is 7.79. The molecule has 0 bridgehead atoms. The van der Waals surface area contributed by atoms with Gasteiger partial charge in [-0.15, -0.1) is 0 Å². The van der Waals surface area contributed by atoms with Gasteiger partial charge in [-0.1, -0.05) is 37.6 Å². The Balaban J connectivity index is 1.77. The minimum atomic E-state index is 0.236. The number of morpholine rings is 1. The van der Waals surface area contributed by atoms with Crippen molar-refractivity contribution in [2.75, 3.05) is 30.3 Å². The number of nitrogen functional groups attached to an aromatic ring is 1. The summed E-state index contributed by atoms with van der Waals surface area (Å²) in [6.45, 7) is 6.99. The monoisotopic (exact) mass is 332 g/mol. The van der Waals surface area contributed by atoms with Gasteiger partial charge in [0.1, 0.15) is 0 Å². The van der Waals surface area contributed by atoms with E-state index < -0.39 is 0 Å². The molecule has 3 rings (SSSR count). The Morgan fingerprint density at radius 3 is 2.70 bits per heavy atom. The van der Waals surface area contributed by atoms with E-state index in [-0.39, 0.29) is 17.1 Å². The lowest BCUT2D eigenvalue weighted by Crippen LogP contribution is -2.44. The van der Waals surface area contributed by atoms with Crippen molar-refractivity contribution in [3.63, 3.8) is 0 Å². The number of hydrogen-bond acceptors (Lipinski definition) is 5. The Labute approximate surface area is 141 Å². The predicted molar refractivity (Wildman–Crippen MR) is 93.7 cm³/mol. The van der Waals surface area contributed by atoms with Crippen LogP contribution in [0.2, 0.25) is 5.15 Å². The van der Waals surface area contributed by atoms with Crippen molar-refractivity contribution >= 4 is 23.1 Å². The van der Waals surface area contributed by atoms with Crippen LogP contribution in [-0.4, -0.2) is 35.8 Å². The average molecular weight is 333 g/mol. The van der Waals surface area contributed by atoms with Gasteiger partial charge in [0.2, 0.25) is 0 Å². The van der Waals surface area contributed by atoms with Gasteiger partial charge >= 0.3 is 0 Å². The molecule has 1 aromatic heterocycles. The van der Waals surface area contributed by atoms with Gasteiger partial charge in [0.15, 0.2) is 11.0 Å². The first kappa shape index (κ1) is 16.0. The molecule has 0 aliphatic carbocycles. The first-order chi connectivity index (χ1) is 11.0. The fourth-order valence-corrected chi connectivity index (χ4v) is 2.81. The second kappa shape index (κ2) is 6.72. The third kappa shape index (κ3) is 3.57. The number of benzene rings is 1. The summed E-state index contributed by atoms with van der Waals surface area (Å²) in [5, 5.41) is 0.236. The van der Waals surface area contributed by atoms with Gasteiger partial charge in [-0.2, -0.15) is 0 Å². The van der Waals surface area contributed by atoms with Gasteiger partial charge < -0.3 is 15.4 Å². The summed E-state index contributed by atoms with van der Waals surface area (Å²) in [6.07, 6.45) is 1.92. The molecule has 2 aromatic rings. The molecule has 0 saturated carbocycles. The number of nitrogens with two attached hydrogens (primary N) is 1. The summed E-state index contributed by atoms with van der Waals surface area (Å²) in [4.78, 5) is 10.7. The van der Waals surface area contributed by atoms with Crippen molar-refractivity contribution in [2.24, 2.45) is 5.92 Å². The van der Waals surface area contributed by atoms with E-state index in [1.807, 2.05) is 12.1 Å². The van der Waals surface area contributed by atoms with Crippen LogP contribution in [0, 0.1) is 5.92 Å². The molecule has 1 aliphatic rings. The summed E-state index contributed by atoms with van der Waals surface area (Å²) >= 11 is 5.94. The summed E-state index contributed by atoms with van der Waals surface area (Å²) in [6, 6.07) is 8.27. The van der Waals surface area contributed by atoms with E-state index in [4.69, 9.17) is 22.1 Å². The molecule has 1 aliphatic heterocycles. The maximum atomic E-state index is 5.94. The average Bonchev–Trinajstić information content (AvgIpc) is 2.57. The summed E-state index contributed by atoms with van der Waals surface area (Å²) in [5.41, 5.74) is 8.48. The van der Waals surface area contributed by atoms with Gasteiger partial charge in [0, 0.05) is 24.3 Å². The zero-order valence-electron chi connectivity index (χ0n) is 13.4. The molecule has 0 radical (unpaired) electrons. The van der Waals surface area contributed by atoms with E-state index in [0.717, 1.165) is 31.0 Å². The highest BCUT2D eigenvalue weighted by atomic mass is 35.5. The van der Waals surface area contributed by atoms with Crippen LogP contribution in [0.25, 0.3) is 11.3 Å². The number of anilines is 2. The molecular formula is C17H21ClN4O. The third-order valence-electron chi connectivity index (χ3n) is 4.12. The Hall–Kier alpha value is -1.85. The lowest BCUT2D eigenvalue weighted by atomic mass is 10.0. The predicted octanol–water partition coefficient (Wildman–Crippen LogP) is 3.24. The fraction of sp³-hybridized carbons (Fsp3) is 0.412. The highest BCUT2D eigenvalue weighted by Gasteiger charge is 2.23. The van der Waals surface area contributed by atoms with Gasteiger partial charge in [-0.05, 0) is 18.1 Å². The number of rotatable bonds is 3. The molecule has 1 unspecified atom stereocenters. The molecule has 0 spiro atoms. The van der Waals surface area contributed by atoms with Crippen molar-refractivity contribution in [3.8, 4) is 11.3 Å². The molecule has 1 fully saturated rings. The molecule has 1 aromatic carbocycles. The van der Waals surface area contributed by atoms with Crippen LogP contribution in [0.4, 0.5) is 11.5 Å². The van der Waals surface area contributed by atoms with E-state index in [9.17, 15) is 0 Å². The van der Waals surface area contributed by atoms with Crippen molar-refractivity contribution < 1.29 is 4.74 Å². The number of aromatic nitrogens is 2. The molecule has 2 heterocycles. The van der Waals surface area contributed by atoms with Crippen molar-refractivity contribution in [3.05, 3.63) is 35.6 Å². The molecular weight excluding hydrogens is 312 g/mol. The first-order valence-corrected chi connectivity index (χ1v) is 8.17. The van der Waals surface area contributed by atoms with Gasteiger partial charge in [0.05, 0.1) is 24.6 Å². The Kier molecular flexibility index (Phi) is 4.68. The molecule has 1 saturated heterocycles. The maximum Gasteiger partial charge on any atom is 0.171 e. The minimum absolute atomic E-state index is 0.236. The number of nitrogens with zero attached hydrogens (tertiary/aromatic N) is 3. The smallest absolute Gasteiger partial charge is 0.171 e. The van der Waals surface area contributed by atoms with Crippen molar-refractivity contribution in [1.82, 2.24) is 9.97 Å². The fourth-order valence-electron chi connectivity index (χ4n) is 2.67. The molecule has 23 heavy (non-hydrogen) atoms. The normalized spacial score (nSPS) is 18.4. The van der Waals surface area contributed by atoms with Gasteiger partial charge in [-0.3, -0.25) is 0 Å². The number of ether oxygens (including phenoxy) is 1. The summed E-state index contributed by atoms with van der Waals surface area (Å²) < 4.78 is 5.82. The van der Waals surface area contributed by atoms with E-state index in [1.165, 1.54) is 5.69 Å². The van der Waals surface area contributed by atoms with E-state index >= 15 is 0 Å². The highest BCUT2D eigenvalue weighted by Crippen LogP contribution is 2.25. The maximum absolute atomic E-state index is 5.94. The third-order valence-corrected chi connectivity index (χ3v) is 4.40. The molecule has 6 heteroatoms. The molecule has 1 atom stereocenters. The van der Waals surface area contributed by atoms with Crippen LogP contribution >= 0.6 is 11.6 Å². The largest absolute Gasteiger partial charge is 0.381 e. The number of halogens is 1. The van der Waals surface area contributed by atoms with Crippen LogP contribution in [0.1, 0.15) is 13.8 Å². The summed E-state index contributed by atoms with van der Waals surface area (Å²) in [5.74, 6) is 0.768. The van der Waals surface area contributed by atoms with E-state index in [1.54, 1.807) is 6.20 Å². The van der Waals surface area contributed by atoms with E-state index in [0.29, 0.717) is 5.92 Å². The lowest BCUT2D eigenvalue weighted by molar-refractivity contribution is 0.0114. The van der Waals surface area contributed by atoms with Crippen LogP contribution in [0.15, 0.2) is 30.5 Å². The van der Waals surface area contributed by atoms with E-state index in [2.05, 4.69) is 40.8 Å². The highest BCUT2D eigenvalue weighted by molar-refractivity contribution is 6.31. The quantitative estimate of drug-likeness (QED) is 0.934. The topological polar surface area (TPSA) is 64.3 Å². The SMILES string of the molecule is CC(C)C1CN(c2ccc(-c3cnc(N)c(Cl)n3)cc2)CCO1. The molecule has 2 N–H and O–H groups in total. The van der Waals surface area contributed by atoms with Crippen LogP contribution in [0.3, 0.4) is 0 Å².